The van der Waals surface area contributed by atoms with Crippen LogP contribution in [0.15, 0.2) is 60.7 Å². The highest BCUT2D eigenvalue weighted by atomic mass is 16.6. The van der Waals surface area contributed by atoms with Crippen molar-refractivity contribution in [2.24, 2.45) is 0 Å². The molecule has 1 aliphatic rings. The number of amides is 1. The minimum Gasteiger partial charge on any atom is -0.467 e. The zero-order valence-electron chi connectivity index (χ0n) is 15.5. The van der Waals surface area contributed by atoms with E-state index in [0.29, 0.717) is 6.42 Å². The Morgan fingerprint density at radius 2 is 1.63 bits per heavy atom. The number of ether oxygens (including phenoxy) is 2. The van der Waals surface area contributed by atoms with Gasteiger partial charge >= 0.3 is 5.97 Å². The van der Waals surface area contributed by atoms with Crippen molar-refractivity contribution in [1.29, 1.82) is 0 Å². The molecule has 1 aliphatic heterocycles. The van der Waals surface area contributed by atoms with Crippen LogP contribution in [0.1, 0.15) is 24.0 Å². The van der Waals surface area contributed by atoms with Gasteiger partial charge in [-0.3, -0.25) is 4.79 Å². The molecule has 2 aromatic rings. The van der Waals surface area contributed by atoms with E-state index in [4.69, 9.17) is 9.47 Å². The predicted octanol–water partition coefficient (Wildman–Crippen LogP) is 2.68. The van der Waals surface area contributed by atoms with Crippen LogP contribution in [0.5, 0.6) is 0 Å². The second-order valence-electron chi connectivity index (χ2n) is 6.77. The van der Waals surface area contributed by atoms with Gasteiger partial charge in [-0.05, 0) is 24.0 Å². The summed E-state index contributed by atoms with van der Waals surface area (Å²) in [5.41, 5.74) is 2.24. The van der Waals surface area contributed by atoms with Crippen molar-refractivity contribution in [3.8, 4) is 0 Å². The zero-order valence-corrected chi connectivity index (χ0v) is 15.5. The van der Waals surface area contributed by atoms with Crippen LogP contribution in [0, 0.1) is 0 Å². The molecule has 1 heterocycles. The second kappa shape index (κ2) is 9.33. The van der Waals surface area contributed by atoms with Crippen LogP contribution in [-0.2, 0) is 31.9 Å². The largest absolute Gasteiger partial charge is 0.467 e. The number of aryl methyl sites for hydroxylation is 1. The predicted molar refractivity (Wildman–Crippen MR) is 102 cm³/mol. The molecule has 0 aromatic heterocycles. The quantitative estimate of drug-likeness (QED) is 0.547. The summed E-state index contributed by atoms with van der Waals surface area (Å²) in [6, 6.07) is 19.1. The molecule has 2 aromatic carbocycles. The van der Waals surface area contributed by atoms with Crippen LogP contribution in [0.2, 0.25) is 0 Å². The molecular formula is C22H25NO4. The van der Waals surface area contributed by atoms with E-state index in [-0.39, 0.29) is 24.5 Å². The molecule has 27 heavy (non-hydrogen) atoms. The molecule has 0 saturated carbocycles. The van der Waals surface area contributed by atoms with Gasteiger partial charge in [-0.2, -0.15) is 0 Å². The summed E-state index contributed by atoms with van der Waals surface area (Å²) in [6.45, 7) is 0. The van der Waals surface area contributed by atoms with Crippen LogP contribution >= 0.6 is 0 Å². The van der Waals surface area contributed by atoms with Crippen molar-refractivity contribution in [3.05, 3.63) is 71.8 Å². The van der Waals surface area contributed by atoms with Gasteiger partial charge in [0, 0.05) is 6.42 Å². The lowest BCUT2D eigenvalue weighted by atomic mass is 10.0. The Kier molecular flexibility index (Phi) is 6.60. The summed E-state index contributed by atoms with van der Waals surface area (Å²) < 4.78 is 10.4. The Labute approximate surface area is 159 Å². The maximum atomic E-state index is 12.3. The summed E-state index contributed by atoms with van der Waals surface area (Å²) in [5, 5.41) is 2.79. The van der Waals surface area contributed by atoms with E-state index in [1.165, 1.54) is 12.7 Å². The van der Waals surface area contributed by atoms with Gasteiger partial charge in [0.05, 0.1) is 25.7 Å². The van der Waals surface area contributed by atoms with E-state index in [9.17, 15) is 9.59 Å². The maximum absolute atomic E-state index is 12.3. The molecule has 3 atom stereocenters. The molecule has 0 spiro atoms. The van der Waals surface area contributed by atoms with E-state index in [1.807, 2.05) is 48.5 Å². The monoisotopic (exact) mass is 367 g/mol. The van der Waals surface area contributed by atoms with Crippen LogP contribution in [0.4, 0.5) is 0 Å². The van der Waals surface area contributed by atoms with E-state index < -0.39 is 12.0 Å². The first kappa shape index (κ1) is 19.1. The molecule has 0 radical (unpaired) electrons. The lowest BCUT2D eigenvalue weighted by Gasteiger charge is -2.16. The molecule has 1 amide bonds. The Hall–Kier alpha value is -2.66. The lowest BCUT2D eigenvalue weighted by molar-refractivity contribution is -0.145. The van der Waals surface area contributed by atoms with Crippen molar-refractivity contribution in [1.82, 2.24) is 5.32 Å². The fraction of sp³-hybridized carbons (Fsp3) is 0.364. The minimum absolute atomic E-state index is 0.0660. The highest BCUT2D eigenvalue weighted by Gasteiger charge is 2.40. The summed E-state index contributed by atoms with van der Waals surface area (Å²) in [6.07, 6.45) is 2.55. The average molecular weight is 367 g/mol. The Morgan fingerprint density at radius 3 is 2.26 bits per heavy atom. The number of hydrogen-bond donors (Lipinski definition) is 1. The van der Waals surface area contributed by atoms with Crippen LogP contribution in [0.3, 0.4) is 0 Å². The molecule has 0 aliphatic carbocycles. The normalized spacial score (nSPS) is 19.1. The van der Waals surface area contributed by atoms with Gasteiger partial charge in [-0.25, -0.2) is 4.79 Å². The Balaban J connectivity index is 1.45. The van der Waals surface area contributed by atoms with Gasteiger partial charge in [0.1, 0.15) is 6.04 Å². The first-order chi connectivity index (χ1) is 13.2. The van der Waals surface area contributed by atoms with Crippen LogP contribution in [0.25, 0.3) is 0 Å². The summed E-state index contributed by atoms with van der Waals surface area (Å²) >= 11 is 0. The van der Waals surface area contributed by atoms with Crippen molar-refractivity contribution in [3.63, 3.8) is 0 Å². The third-order valence-electron chi connectivity index (χ3n) is 4.74. The smallest absolute Gasteiger partial charge is 0.328 e. The van der Waals surface area contributed by atoms with Crippen molar-refractivity contribution in [2.45, 2.75) is 43.9 Å². The fourth-order valence-corrected chi connectivity index (χ4v) is 3.19. The Morgan fingerprint density at radius 1 is 1.00 bits per heavy atom. The average Bonchev–Trinajstić information content (AvgIpc) is 3.44. The van der Waals surface area contributed by atoms with Crippen molar-refractivity contribution < 1.29 is 19.1 Å². The molecule has 5 heteroatoms. The highest BCUT2D eigenvalue weighted by Crippen LogP contribution is 2.29. The van der Waals surface area contributed by atoms with E-state index in [1.54, 1.807) is 0 Å². The molecular weight excluding hydrogens is 342 g/mol. The first-order valence-electron chi connectivity index (χ1n) is 9.26. The summed E-state index contributed by atoms with van der Waals surface area (Å²) in [7, 11) is 1.33. The topological polar surface area (TPSA) is 67.9 Å². The van der Waals surface area contributed by atoms with Gasteiger partial charge in [0.2, 0.25) is 5.91 Å². The Bertz CT molecular complexity index is 747. The zero-order chi connectivity index (χ0) is 19.1. The molecule has 5 nitrogen and oxygen atoms in total. The number of carbonyl (C=O) groups excluding carboxylic acids is 2. The van der Waals surface area contributed by atoms with Gasteiger partial charge in [-0.1, -0.05) is 60.7 Å². The standard InChI is InChI=1S/C22H25NO4/c1-26-22(25)18(14-17-10-6-3-7-11-17)23-21(24)15-20-19(27-20)13-12-16-8-4-2-5-9-16/h2-11,18-20H,12-15H2,1H3,(H,23,24)/t18-,19+,20+/m0/s1. The fourth-order valence-electron chi connectivity index (χ4n) is 3.19. The number of benzene rings is 2. The van der Waals surface area contributed by atoms with E-state index in [2.05, 4.69) is 17.4 Å². The van der Waals surface area contributed by atoms with Crippen LogP contribution < -0.4 is 5.32 Å². The molecule has 0 unspecified atom stereocenters. The van der Waals surface area contributed by atoms with Gasteiger partial charge in [-0.15, -0.1) is 0 Å². The number of hydrogen-bond acceptors (Lipinski definition) is 4. The number of methoxy groups -OCH3 is 1. The van der Waals surface area contributed by atoms with Gasteiger partial charge in [0.25, 0.3) is 0 Å². The minimum atomic E-state index is -0.689. The van der Waals surface area contributed by atoms with Crippen molar-refractivity contribution in [2.75, 3.05) is 7.11 Å². The number of epoxide rings is 1. The molecule has 3 rings (SSSR count). The lowest BCUT2D eigenvalue weighted by Crippen LogP contribution is -2.43. The summed E-state index contributed by atoms with van der Waals surface area (Å²) in [4.78, 5) is 24.3. The van der Waals surface area contributed by atoms with E-state index >= 15 is 0 Å². The van der Waals surface area contributed by atoms with Crippen LogP contribution in [-0.4, -0.2) is 37.2 Å². The SMILES string of the molecule is COC(=O)[C@H](Cc1ccccc1)NC(=O)C[C@H]1O[C@@H]1CCc1ccccc1. The molecule has 1 saturated heterocycles. The number of rotatable bonds is 9. The molecule has 142 valence electrons. The number of carbonyl (C=O) groups is 2. The van der Waals surface area contributed by atoms with Crippen molar-refractivity contribution >= 4 is 11.9 Å². The number of nitrogens with one attached hydrogen (secondary N) is 1. The highest BCUT2D eigenvalue weighted by molar-refractivity contribution is 5.85. The second-order valence-corrected chi connectivity index (χ2v) is 6.77. The third kappa shape index (κ3) is 5.93. The molecule has 1 N–H and O–H groups in total. The maximum Gasteiger partial charge on any atom is 0.328 e. The first-order valence-corrected chi connectivity index (χ1v) is 9.26. The molecule has 0 bridgehead atoms. The molecule has 1 fully saturated rings. The van der Waals surface area contributed by atoms with E-state index in [0.717, 1.165) is 18.4 Å². The van der Waals surface area contributed by atoms with Gasteiger partial charge in [0.15, 0.2) is 0 Å². The summed E-state index contributed by atoms with van der Waals surface area (Å²) in [5.74, 6) is -0.627. The number of esters is 1. The van der Waals surface area contributed by atoms with Gasteiger partial charge < -0.3 is 14.8 Å². The third-order valence-corrected chi connectivity index (χ3v) is 4.74.